The molecular formula is C11H16N2O4S2. The van der Waals surface area contributed by atoms with E-state index in [2.05, 4.69) is 4.98 Å². The molecule has 2 rings (SSSR count). The average Bonchev–Trinajstić information content (AvgIpc) is 2.79. The van der Waals surface area contributed by atoms with Crippen LogP contribution in [-0.4, -0.2) is 53.5 Å². The Labute approximate surface area is 116 Å². The van der Waals surface area contributed by atoms with Gasteiger partial charge in [0.25, 0.3) is 0 Å². The predicted octanol–water partition coefficient (Wildman–Crippen LogP) is 0.778. The van der Waals surface area contributed by atoms with Crippen molar-refractivity contribution in [3.8, 4) is 0 Å². The van der Waals surface area contributed by atoms with Crippen molar-refractivity contribution < 1.29 is 18.3 Å². The first-order chi connectivity index (χ1) is 8.89. The zero-order valence-electron chi connectivity index (χ0n) is 10.5. The molecule has 1 aliphatic heterocycles. The van der Waals surface area contributed by atoms with Crippen molar-refractivity contribution in [2.24, 2.45) is 0 Å². The third-order valence-electron chi connectivity index (χ3n) is 3.29. The van der Waals surface area contributed by atoms with E-state index in [-0.39, 0.29) is 24.0 Å². The van der Waals surface area contributed by atoms with Crippen molar-refractivity contribution in [2.45, 2.75) is 25.4 Å². The van der Waals surface area contributed by atoms with Gasteiger partial charge in [0.1, 0.15) is 5.01 Å². The Morgan fingerprint density at radius 1 is 1.68 bits per heavy atom. The highest BCUT2D eigenvalue weighted by Gasteiger charge is 2.36. The number of aliphatic carboxylic acids is 1. The molecule has 1 aromatic rings. The largest absolute Gasteiger partial charge is 0.481 e. The molecule has 2 heterocycles. The van der Waals surface area contributed by atoms with Gasteiger partial charge < -0.3 is 5.11 Å². The average molecular weight is 304 g/mol. The summed E-state index contributed by atoms with van der Waals surface area (Å²) in [6.45, 7) is 2.30. The SMILES string of the molecule is CC(c1nccs1)N1CCS(=O)(=O)CC1CC(=O)O. The second kappa shape index (κ2) is 5.56. The topological polar surface area (TPSA) is 87.6 Å². The Morgan fingerprint density at radius 3 is 3.00 bits per heavy atom. The van der Waals surface area contributed by atoms with Gasteiger partial charge in [-0.2, -0.15) is 0 Å². The van der Waals surface area contributed by atoms with Crippen molar-refractivity contribution in [2.75, 3.05) is 18.1 Å². The number of thiazole rings is 1. The highest BCUT2D eigenvalue weighted by atomic mass is 32.2. The molecule has 0 saturated carbocycles. The minimum atomic E-state index is -3.13. The molecule has 6 nitrogen and oxygen atoms in total. The van der Waals surface area contributed by atoms with E-state index in [0.717, 1.165) is 5.01 Å². The normalized spacial score (nSPS) is 25.0. The van der Waals surface area contributed by atoms with Crippen LogP contribution in [0.25, 0.3) is 0 Å². The van der Waals surface area contributed by atoms with Gasteiger partial charge in [0, 0.05) is 24.2 Å². The first kappa shape index (κ1) is 14.4. The third-order valence-corrected chi connectivity index (χ3v) is 5.94. The van der Waals surface area contributed by atoms with Gasteiger partial charge in [-0.15, -0.1) is 11.3 Å². The van der Waals surface area contributed by atoms with Crippen LogP contribution in [0, 0.1) is 0 Å². The van der Waals surface area contributed by atoms with E-state index in [4.69, 9.17) is 5.11 Å². The molecule has 1 N–H and O–H groups in total. The summed E-state index contributed by atoms with van der Waals surface area (Å²) in [5.41, 5.74) is 0. The van der Waals surface area contributed by atoms with Gasteiger partial charge >= 0.3 is 5.97 Å². The van der Waals surface area contributed by atoms with Crippen molar-refractivity contribution >= 4 is 27.1 Å². The van der Waals surface area contributed by atoms with E-state index in [1.54, 1.807) is 6.20 Å². The molecule has 1 aliphatic rings. The maximum atomic E-state index is 11.7. The molecule has 2 atom stereocenters. The summed E-state index contributed by atoms with van der Waals surface area (Å²) >= 11 is 1.50. The molecule has 106 valence electrons. The maximum Gasteiger partial charge on any atom is 0.304 e. The molecule has 1 aromatic heterocycles. The lowest BCUT2D eigenvalue weighted by molar-refractivity contribution is -0.138. The van der Waals surface area contributed by atoms with Crippen LogP contribution < -0.4 is 0 Å². The Kier molecular flexibility index (Phi) is 4.22. The number of hydrogen-bond acceptors (Lipinski definition) is 6. The number of rotatable bonds is 4. The Morgan fingerprint density at radius 2 is 2.42 bits per heavy atom. The van der Waals surface area contributed by atoms with Gasteiger partial charge in [-0.05, 0) is 6.92 Å². The molecule has 19 heavy (non-hydrogen) atoms. The molecule has 0 aromatic carbocycles. The zero-order chi connectivity index (χ0) is 14.0. The van der Waals surface area contributed by atoms with Crippen LogP contribution in [0.2, 0.25) is 0 Å². The summed E-state index contributed by atoms with van der Waals surface area (Å²) in [6, 6.07) is -0.532. The van der Waals surface area contributed by atoms with Crippen molar-refractivity contribution in [3.63, 3.8) is 0 Å². The molecule has 1 saturated heterocycles. The molecule has 0 spiro atoms. The molecule has 8 heteroatoms. The second-order valence-corrected chi connectivity index (χ2v) is 7.81. The minimum absolute atomic E-state index is 0.0557. The van der Waals surface area contributed by atoms with Crippen LogP contribution in [0.15, 0.2) is 11.6 Å². The third kappa shape index (κ3) is 3.52. The van der Waals surface area contributed by atoms with Gasteiger partial charge in [0.2, 0.25) is 0 Å². The quantitative estimate of drug-likeness (QED) is 0.884. The monoisotopic (exact) mass is 304 g/mol. The molecule has 0 aliphatic carbocycles. The Hall–Kier alpha value is -0.990. The summed E-state index contributed by atoms with van der Waals surface area (Å²) in [7, 11) is -3.13. The first-order valence-corrected chi connectivity index (χ1v) is 8.66. The molecule has 0 bridgehead atoms. The lowest BCUT2D eigenvalue weighted by atomic mass is 10.1. The summed E-state index contributed by atoms with van der Waals surface area (Å²) in [5, 5.41) is 11.7. The van der Waals surface area contributed by atoms with Crippen molar-refractivity contribution in [1.82, 2.24) is 9.88 Å². The second-order valence-electron chi connectivity index (χ2n) is 4.65. The number of carboxylic acids is 1. The van der Waals surface area contributed by atoms with Crippen molar-refractivity contribution in [3.05, 3.63) is 16.6 Å². The van der Waals surface area contributed by atoms with Crippen LogP contribution in [0.4, 0.5) is 0 Å². The van der Waals surface area contributed by atoms with Crippen LogP contribution in [0.3, 0.4) is 0 Å². The predicted molar refractivity (Wildman–Crippen MR) is 71.9 cm³/mol. The van der Waals surface area contributed by atoms with Crippen LogP contribution in [0.5, 0.6) is 0 Å². The number of nitrogens with zero attached hydrogens (tertiary/aromatic N) is 2. The standard InChI is InChI=1S/C11H16N2O4S2/c1-8(11-12-2-4-18-11)13-3-5-19(16,17)7-9(13)6-10(14)15/h2,4,8-9H,3,5-7H2,1H3,(H,14,15). The smallest absolute Gasteiger partial charge is 0.304 e. The van der Waals surface area contributed by atoms with Gasteiger partial charge in [-0.3, -0.25) is 9.69 Å². The highest BCUT2D eigenvalue weighted by molar-refractivity contribution is 7.91. The minimum Gasteiger partial charge on any atom is -0.481 e. The molecule has 2 unspecified atom stereocenters. The van der Waals surface area contributed by atoms with Crippen LogP contribution in [-0.2, 0) is 14.6 Å². The zero-order valence-corrected chi connectivity index (χ0v) is 12.2. The molecule has 0 amide bonds. The first-order valence-electron chi connectivity index (χ1n) is 5.96. The summed E-state index contributed by atoms with van der Waals surface area (Å²) in [4.78, 5) is 17.1. The molecule has 1 fully saturated rings. The van der Waals surface area contributed by atoms with Gasteiger partial charge in [-0.1, -0.05) is 0 Å². The number of carbonyl (C=O) groups is 1. The van der Waals surface area contributed by atoms with E-state index in [1.807, 2.05) is 17.2 Å². The Bertz CT molecular complexity index is 541. The van der Waals surface area contributed by atoms with Gasteiger partial charge in [0.05, 0.1) is 24.0 Å². The maximum absolute atomic E-state index is 11.7. The molecule has 0 radical (unpaired) electrons. The van der Waals surface area contributed by atoms with Gasteiger partial charge in [-0.25, -0.2) is 13.4 Å². The van der Waals surface area contributed by atoms with Gasteiger partial charge in [0.15, 0.2) is 9.84 Å². The van der Waals surface area contributed by atoms with Crippen LogP contribution >= 0.6 is 11.3 Å². The van der Waals surface area contributed by atoms with Crippen LogP contribution in [0.1, 0.15) is 24.4 Å². The van der Waals surface area contributed by atoms with Crippen molar-refractivity contribution in [1.29, 1.82) is 0 Å². The number of hydrogen-bond donors (Lipinski definition) is 1. The number of sulfone groups is 1. The number of carboxylic acid groups (broad SMARTS) is 1. The fourth-order valence-electron chi connectivity index (χ4n) is 2.37. The lowest BCUT2D eigenvalue weighted by Gasteiger charge is -2.38. The van der Waals surface area contributed by atoms with E-state index in [1.165, 1.54) is 11.3 Å². The van der Waals surface area contributed by atoms with E-state index in [0.29, 0.717) is 6.54 Å². The number of aromatic nitrogens is 1. The van der Waals surface area contributed by atoms with E-state index < -0.39 is 21.8 Å². The summed E-state index contributed by atoms with van der Waals surface area (Å²) < 4.78 is 23.3. The van der Waals surface area contributed by atoms with E-state index >= 15 is 0 Å². The fourth-order valence-corrected chi connectivity index (χ4v) is 4.64. The fraction of sp³-hybridized carbons (Fsp3) is 0.636. The summed E-state index contributed by atoms with van der Waals surface area (Å²) in [5.74, 6) is -0.980. The molecular weight excluding hydrogens is 288 g/mol. The lowest BCUT2D eigenvalue weighted by Crippen LogP contribution is -2.50. The summed E-state index contributed by atoms with van der Waals surface area (Å²) in [6.07, 6.45) is 1.54. The van der Waals surface area contributed by atoms with E-state index in [9.17, 15) is 13.2 Å². The Balaban J connectivity index is 2.19. The highest BCUT2D eigenvalue weighted by Crippen LogP contribution is 2.28.